The third-order valence-electron chi connectivity index (χ3n) is 4.00. The minimum atomic E-state index is 0.672. The van der Waals surface area contributed by atoms with Crippen molar-refractivity contribution < 1.29 is 4.74 Å². The number of aromatic nitrogens is 4. The van der Waals surface area contributed by atoms with Gasteiger partial charge < -0.3 is 10.1 Å². The number of tetrazole rings is 1. The summed E-state index contributed by atoms with van der Waals surface area (Å²) >= 11 is 0. The summed E-state index contributed by atoms with van der Waals surface area (Å²) in [4.78, 5) is 2.50. The summed E-state index contributed by atoms with van der Waals surface area (Å²) < 4.78 is 7.46. The zero-order valence-electron chi connectivity index (χ0n) is 13.6. The normalized spacial score (nSPS) is 15.0. The number of rotatable bonds is 8. The largest absolute Gasteiger partial charge is 0.494 e. The quantitative estimate of drug-likeness (QED) is 0.748. The lowest BCUT2D eigenvalue weighted by Gasteiger charge is -2.15. The van der Waals surface area contributed by atoms with Crippen molar-refractivity contribution in [3.05, 3.63) is 29.8 Å². The van der Waals surface area contributed by atoms with Crippen LogP contribution in [0.3, 0.4) is 0 Å². The van der Waals surface area contributed by atoms with E-state index in [0.29, 0.717) is 12.6 Å². The van der Waals surface area contributed by atoms with Crippen LogP contribution in [0.25, 0.3) is 0 Å². The van der Waals surface area contributed by atoms with Crippen LogP contribution in [0.15, 0.2) is 24.3 Å². The van der Waals surface area contributed by atoms with Gasteiger partial charge in [0.05, 0.1) is 6.61 Å². The molecule has 7 nitrogen and oxygen atoms in total. The van der Waals surface area contributed by atoms with Gasteiger partial charge in [0.25, 0.3) is 0 Å². The van der Waals surface area contributed by atoms with Crippen molar-refractivity contribution in [2.45, 2.75) is 25.8 Å². The van der Waals surface area contributed by atoms with Crippen molar-refractivity contribution in [2.24, 2.45) is 7.05 Å². The van der Waals surface area contributed by atoms with Crippen molar-refractivity contribution in [1.29, 1.82) is 0 Å². The first kappa shape index (κ1) is 15.7. The predicted molar refractivity (Wildman–Crippen MR) is 88.4 cm³/mol. The van der Waals surface area contributed by atoms with E-state index >= 15 is 0 Å². The van der Waals surface area contributed by atoms with Gasteiger partial charge in [-0.15, -0.1) is 0 Å². The first-order valence-electron chi connectivity index (χ1n) is 8.21. The highest BCUT2D eigenvalue weighted by Crippen LogP contribution is 2.17. The van der Waals surface area contributed by atoms with Crippen LogP contribution in [0.4, 0.5) is 5.95 Å². The molecule has 2 heterocycles. The molecule has 1 saturated heterocycles. The van der Waals surface area contributed by atoms with E-state index < -0.39 is 0 Å². The molecule has 0 saturated carbocycles. The van der Waals surface area contributed by atoms with E-state index in [2.05, 4.69) is 43.9 Å². The Morgan fingerprint density at radius 3 is 2.91 bits per heavy atom. The van der Waals surface area contributed by atoms with E-state index in [9.17, 15) is 0 Å². The van der Waals surface area contributed by atoms with Crippen molar-refractivity contribution in [2.75, 3.05) is 31.6 Å². The second-order valence-corrected chi connectivity index (χ2v) is 5.89. The van der Waals surface area contributed by atoms with E-state index in [0.717, 1.165) is 25.3 Å². The number of aryl methyl sites for hydroxylation is 1. The molecule has 0 radical (unpaired) electrons. The Kier molecular flexibility index (Phi) is 5.42. The fourth-order valence-electron chi connectivity index (χ4n) is 2.77. The molecule has 0 aliphatic carbocycles. The highest BCUT2D eigenvalue weighted by Gasteiger charge is 2.11. The SMILES string of the molecule is Cn1nnnc1NCCCOc1cccc(CN2CCCC2)c1. The zero-order valence-corrected chi connectivity index (χ0v) is 13.6. The molecule has 1 aromatic heterocycles. The maximum absolute atomic E-state index is 5.84. The number of benzene rings is 1. The van der Waals surface area contributed by atoms with E-state index in [-0.39, 0.29) is 0 Å². The Bertz CT molecular complexity index is 608. The van der Waals surface area contributed by atoms with E-state index in [4.69, 9.17) is 4.74 Å². The second-order valence-electron chi connectivity index (χ2n) is 5.89. The molecule has 0 unspecified atom stereocenters. The molecule has 1 aliphatic rings. The number of ether oxygens (including phenoxy) is 1. The van der Waals surface area contributed by atoms with Crippen molar-refractivity contribution in [3.63, 3.8) is 0 Å². The number of nitrogens with zero attached hydrogens (tertiary/aromatic N) is 5. The molecule has 124 valence electrons. The minimum absolute atomic E-state index is 0.672. The lowest BCUT2D eigenvalue weighted by atomic mass is 10.2. The Hall–Kier alpha value is -2.15. The second kappa shape index (κ2) is 7.92. The molecule has 23 heavy (non-hydrogen) atoms. The fourth-order valence-corrected chi connectivity index (χ4v) is 2.77. The third kappa shape index (κ3) is 4.66. The fraction of sp³-hybridized carbons (Fsp3) is 0.562. The zero-order chi connectivity index (χ0) is 15.9. The molecule has 1 aliphatic heterocycles. The average Bonchev–Trinajstić information content (AvgIpc) is 3.20. The van der Waals surface area contributed by atoms with Crippen molar-refractivity contribution in [1.82, 2.24) is 25.1 Å². The topological polar surface area (TPSA) is 68.1 Å². The van der Waals surface area contributed by atoms with Gasteiger partial charge in [0.2, 0.25) is 5.95 Å². The molecule has 0 bridgehead atoms. The van der Waals surface area contributed by atoms with Gasteiger partial charge in [0, 0.05) is 20.1 Å². The Balaban J connectivity index is 1.38. The monoisotopic (exact) mass is 316 g/mol. The van der Waals surface area contributed by atoms with Gasteiger partial charge in [-0.05, 0) is 60.5 Å². The van der Waals surface area contributed by atoms with Gasteiger partial charge >= 0.3 is 0 Å². The van der Waals surface area contributed by atoms with Crippen molar-refractivity contribution >= 4 is 5.95 Å². The number of hydrogen-bond acceptors (Lipinski definition) is 6. The van der Waals surface area contributed by atoms with Crippen LogP contribution in [0.1, 0.15) is 24.8 Å². The molecule has 2 aromatic rings. The van der Waals surface area contributed by atoms with Crippen LogP contribution in [0.5, 0.6) is 5.75 Å². The van der Waals surface area contributed by atoms with Crippen molar-refractivity contribution in [3.8, 4) is 5.75 Å². The molecule has 1 fully saturated rings. The first-order chi connectivity index (χ1) is 11.3. The minimum Gasteiger partial charge on any atom is -0.494 e. The Labute approximate surface area is 136 Å². The molecule has 0 spiro atoms. The number of nitrogens with one attached hydrogen (secondary N) is 1. The van der Waals surface area contributed by atoms with Crippen LogP contribution >= 0.6 is 0 Å². The van der Waals surface area contributed by atoms with Gasteiger partial charge in [-0.25, -0.2) is 4.68 Å². The molecular formula is C16H24N6O. The average molecular weight is 316 g/mol. The summed E-state index contributed by atoms with van der Waals surface area (Å²) in [5.74, 6) is 1.62. The maximum atomic E-state index is 5.84. The van der Waals surface area contributed by atoms with E-state index in [1.165, 1.54) is 31.5 Å². The summed E-state index contributed by atoms with van der Waals surface area (Å²) in [7, 11) is 1.81. The standard InChI is InChI=1S/C16H24N6O/c1-21-16(18-19-20-21)17-8-5-11-23-15-7-4-6-14(12-15)13-22-9-2-3-10-22/h4,6-7,12H,2-3,5,8-11,13H2,1H3,(H,17,18,20). The van der Waals surface area contributed by atoms with Gasteiger partial charge in [0.1, 0.15) is 5.75 Å². The molecule has 3 rings (SSSR count). The molecule has 0 amide bonds. The van der Waals surface area contributed by atoms with Crippen LogP contribution in [-0.2, 0) is 13.6 Å². The maximum Gasteiger partial charge on any atom is 0.242 e. The van der Waals surface area contributed by atoms with Gasteiger partial charge in [-0.3, -0.25) is 4.90 Å². The molecule has 0 atom stereocenters. The van der Waals surface area contributed by atoms with Gasteiger partial charge in [0.15, 0.2) is 0 Å². The Morgan fingerprint density at radius 1 is 1.26 bits per heavy atom. The number of likely N-dealkylation sites (tertiary alicyclic amines) is 1. The summed E-state index contributed by atoms with van der Waals surface area (Å²) in [6.07, 6.45) is 3.54. The lowest BCUT2D eigenvalue weighted by Crippen LogP contribution is -2.18. The van der Waals surface area contributed by atoms with Gasteiger partial charge in [-0.1, -0.05) is 17.2 Å². The lowest BCUT2D eigenvalue weighted by molar-refractivity contribution is 0.310. The van der Waals surface area contributed by atoms with Gasteiger partial charge in [-0.2, -0.15) is 0 Å². The van der Waals surface area contributed by atoms with E-state index in [1.54, 1.807) is 4.68 Å². The van der Waals surface area contributed by atoms with Crippen LogP contribution < -0.4 is 10.1 Å². The van der Waals surface area contributed by atoms with Crippen LogP contribution in [0.2, 0.25) is 0 Å². The smallest absolute Gasteiger partial charge is 0.242 e. The highest BCUT2D eigenvalue weighted by molar-refractivity contribution is 5.28. The third-order valence-corrected chi connectivity index (χ3v) is 4.00. The van der Waals surface area contributed by atoms with Crippen LogP contribution in [-0.4, -0.2) is 51.3 Å². The molecule has 7 heteroatoms. The molecular weight excluding hydrogens is 292 g/mol. The Morgan fingerprint density at radius 2 is 2.13 bits per heavy atom. The summed E-state index contributed by atoms with van der Waals surface area (Å²) in [6.45, 7) is 4.91. The first-order valence-corrected chi connectivity index (χ1v) is 8.21. The summed E-state index contributed by atoms with van der Waals surface area (Å²) in [5.41, 5.74) is 1.33. The highest BCUT2D eigenvalue weighted by atomic mass is 16.5. The summed E-state index contributed by atoms with van der Waals surface area (Å²) in [5, 5.41) is 14.4. The molecule has 1 aromatic carbocycles. The predicted octanol–water partition coefficient (Wildman–Crippen LogP) is 1.69. The van der Waals surface area contributed by atoms with Crippen LogP contribution in [0, 0.1) is 0 Å². The number of hydrogen-bond donors (Lipinski definition) is 1. The number of anilines is 1. The van der Waals surface area contributed by atoms with E-state index in [1.807, 2.05) is 13.1 Å². The molecule has 1 N–H and O–H groups in total. The summed E-state index contributed by atoms with van der Waals surface area (Å²) in [6, 6.07) is 8.42.